The molecule has 6 nitrogen and oxygen atoms in total. The summed E-state index contributed by atoms with van der Waals surface area (Å²) in [5, 5.41) is 4.41. The molecule has 1 aliphatic heterocycles. The zero-order valence-electron chi connectivity index (χ0n) is 15.7. The van der Waals surface area contributed by atoms with Crippen LogP contribution in [-0.2, 0) is 7.05 Å². The van der Waals surface area contributed by atoms with Gasteiger partial charge in [0.1, 0.15) is 11.6 Å². The Kier molecular flexibility index (Phi) is 4.39. The van der Waals surface area contributed by atoms with Crippen LogP contribution in [0.25, 0.3) is 11.4 Å². The Morgan fingerprint density at radius 2 is 2.00 bits per heavy atom. The van der Waals surface area contributed by atoms with Crippen molar-refractivity contribution in [3.8, 4) is 17.1 Å². The summed E-state index contributed by atoms with van der Waals surface area (Å²) in [5.41, 5.74) is 2.61. The number of carbonyl (C=O) groups excluding carboxylic acids is 1. The zero-order valence-corrected chi connectivity index (χ0v) is 15.7. The van der Waals surface area contributed by atoms with Crippen LogP contribution in [0, 0.1) is 6.92 Å². The highest BCUT2D eigenvalue weighted by molar-refractivity contribution is 5.96. The monoisotopic (exact) mass is 362 g/mol. The van der Waals surface area contributed by atoms with Gasteiger partial charge in [0.05, 0.1) is 13.2 Å². The molecule has 6 heteroatoms. The topological polar surface area (TPSA) is 60.2 Å². The summed E-state index contributed by atoms with van der Waals surface area (Å²) >= 11 is 0. The van der Waals surface area contributed by atoms with Crippen LogP contribution in [0.15, 0.2) is 48.5 Å². The molecule has 1 amide bonds. The standard InChI is InChI=1S/C21H22N4O2/c1-14-22-20(23-24(14)2)16-7-4-8-17(12-16)21(26)25-11-10-19(25)15-6-5-9-18(13-15)27-3/h4-9,12-13,19H,10-11H2,1-3H3. The lowest BCUT2D eigenvalue weighted by molar-refractivity contribution is 0.0460. The van der Waals surface area contributed by atoms with Gasteiger partial charge in [0, 0.05) is 24.7 Å². The summed E-state index contributed by atoms with van der Waals surface area (Å²) < 4.78 is 7.05. The lowest BCUT2D eigenvalue weighted by atomic mass is 9.93. The number of aryl methyl sites for hydroxylation is 2. The number of amides is 1. The highest BCUT2D eigenvalue weighted by atomic mass is 16.5. The Morgan fingerprint density at radius 1 is 1.19 bits per heavy atom. The summed E-state index contributed by atoms with van der Waals surface area (Å²) in [6, 6.07) is 15.6. The second-order valence-corrected chi connectivity index (χ2v) is 6.77. The van der Waals surface area contributed by atoms with Crippen molar-refractivity contribution in [2.45, 2.75) is 19.4 Å². The van der Waals surface area contributed by atoms with Crippen molar-refractivity contribution in [3.63, 3.8) is 0 Å². The molecule has 138 valence electrons. The maximum absolute atomic E-state index is 13.1. The molecule has 1 aliphatic rings. The van der Waals surface area contributed by atoms with Gasteiger partial charge in [0.15, 0.2) is 5.82 Å². The average molecular weight is 362 g/mol. The van der Waals surface area contributed by atoms with Gasteiger partial charge in [-0.25, -0.2) is 4.98 Å². The number of hydrogen-bond donors (Lipinski definition) is 0. The van der Waals surface area contributed by atoms with E-state index in [2.05, 4.69) is 10.1 Å². The van der Waals surface area contributed by atoms with E-state index in [9.17, 15) is 4.79 Å². The van der Waals surface area contributed by atoms with Crippen LogP contribution in [0.5, 0.6) is 5.75 Å². The number of aromatic nitrogens is 3. The fourth-order valence-electron chi connectivity index (χ4n) is 3.37. The number of hydrogen-bond acceptors (Lipinski definition) is 4. The predicted octanol–water partition coefficient (Wildman–Crippen LogP) is 3.39. The normalized spacial score (nSPS) is 16.1. The third-order valence-corrected chi connectivity index (χ3v) is 5.11. The van der Waals surface area contributed by atoms with Gasteiger partial charge in [-0.1, -0.05) is 24.3 Å². The first kappa shape index (κ1) is 17.3. The largest absolute Gasteiger partial charge is 0.497 e. The van der Waals surface area contributed by atoms with Gasteiger partial charge in [0.25, 0.3) is 5.91 Å². The summed E-state index contributed by atoms with van der Waals surface area (Å²) in [6.45, 7) is 2.66. The molecule has 4 rings (SSSR count). The Bertz CT molecular complexity index is 976. The maximum Gasteiger partial charge on any atom is 0.254 e. The molecule has 0 bridgehead atoms. The molecule has 2 aromatic carbocycles. The van der Waals surface area contributed by atoms with Crippen LogP contribution in [0.3, 0.4) is 0 Å². The molecular formula is C21H22N4O2. The van der Waals surface area contributed by atoms with Crippen molar-refractivity contribution in [3.05, 3.63) is 65.5 Å². The van der Waals surface area contributed by atoms with Gasteiger partial charge in [-0.3, -0.25) is 9.48 Å². The first-order valence-electron chi connectivity index (χ1n) is 9.00. The number of nitrogens with zero attached hydrogens (tertiary/aromatic N) is 4. The Hall–Kier alpha value is -3.15. The average Bonchev–Trinajstić information content (AvgIpc) is 3.00. The van der Waals surface area contributed by atoms with Gasteiger partial charge >= 0.3 is 0 Å². The van der Waals surface area contributed by atoms with E-state index in [0.29, 0.717) is 11.4 Å². The fourth-order valence-corrected chi connectivity index (χ4v) is 3.37. The minimum atomic E-state index is 0.0311. The fraction of sp³-hybridized carbons (Fsp3) is 0.286. The van der Waals surface area contributed by atoms with Gasteiger partial charge < -0.3 is 9.64 Å². The van der Waals surface area contributed by atoms with Crippen LogP contribution < -0.4 is 4.74 Å². The van der Waals surface area contributed by atoms with E-state index >= 15 is 0 Å². The molecule has 1 atom stereocenters. The number of rotatable bonds is 4. The van der Waals surface area contributed by atoms with Gasteiger partial charge in [-0.2, -0.15) is 5.10 Å². The van der Waals surface area contributed by atoms with Gasteiger partial charge in [0.2, 0.25) is 0 Å². The third kappa shape index (κ3) is 3.18. The second-order valence-electron chi connectivity index (χ2n) is 6.77. The lowest BCUT2D eigenvalue weighted by Gasteiger charge is -2.41. The van der Waals surface area contributed by atoms with E-state index in [0.717, 1.165) is 35.7 Å². The highest BCUT2D eigenvalue weighted by Gasteiger charge is 2.34. The van der Waals surface area contributed by atoms with Crippen molar-refractivity contribution >= 4 is 5.91 Å². The Morgan fingerprint density at radius 3 is 2.67 bits per heavy atom. The van der Waals surface area contributed by atoms with Crippen molar-refractivity contribution < 1.29 is 9.53 Å². The minimum Gasteiger partial charge on any atom is -0.497 e. The summed E-state index contributed by atoms with van der Waals surface area (Å²) in [5.74, 6) is 2.31. The number of likely N-dealkylation sites (tertiary alicyclic amines) is 1. The Balaban J connectivity index is 1.58. The SMILES string of the molecule is COc1cccc(C2CCN2C(=O)c2cccc(-c3nc(C)n(C)n3)c2)c1. The molecule has 1 aromatic heterocycles. The van der Waals surface area contributed by atoms with Crippen LogP contribution in [0.4, 0.5) is 0 Å². The molecule has 1 saturated heterocycles. The van der Waals surface area contributed by atoms with Gasteiger partial charge in [-0.15, -0.1) is 0 Å². The molecular weight excluding hydrogens is 340 g/mol. The molecule has 3 aromatic rings. The van der Waals surface area contributed by atoms with Crippen LogP contribution in [0.1, 0.15) is 34.2 Å². The third-order valence-electron chi connectivity index (χ3n) is 5.11. The quantitative estimate of drug-likeness (QED) is 0.714. The van der Waals surface area contributed by atoms with Crippen molar-refractivity contribution in [2.75, 3.05) is 13.7 Å². The maximum atomic E-state index is 13.1. The van der Waals surface area contributed by atoms with Crippen LogP contribution in [0.2, 0.25) is 0 Å². The summed E-state index contributed by atoms with van der Waals surface area (Å²) in [6.07, 6.45) is 0.958. The molecule has 0 N–H and O–H groups in total. The van der Waals surface area contributed by atoms with Crippen molar-refractivity contribution in [1.29, 1.82) is 0 Å². The van der Waals surface area contributed by atoms with E-state index in [1.165, 1.54) is 0 Å². The summed E-state index contributed by atoms with van der Waals surface area (Å²) in [4.78, 5) is 19.4. The molecule has 0 radical (unpaired) electrons. The molecule has 1 unspecified atom stereocenters. The van der Waals surface area contributed by atoms with Gasteiger partial charge in [-0.05, 0) is 43.2 Å². The minimum absolute atomic E-state index is 0.0311. The van der Waals surface area contributed by atoms with E-state index in [4.69, 9.17) is 4.74 Å². The Labute approximate surface area is 158 Å². The lowest BCUT2D eigenvalue weighted by Crippen LogP contribution is -2.45. The molecule has 2 heterocycles. The number of ether oxygens (including phenoxy) is 1. The van der Waals surface area contributed by atoms with E-state index in [1.54, 1.807) is 11.8 Å². The molecule has 1 fully saturated rings. The smallest absolute Gasteiger partial charge is 0.254 e. The van der Waals surface area contributed by atoms with Crippen molar-refractivity contribution in [2.24, 2.45) is 7.05 Å². The number of benzene rings is 2. The zero-order chi connectivity index (χ0) is 19.0. The second kappa shape index (κ2) is 6.87. The van der Waals surface area contributed by atoms with E-state index in [-0.39, 0.29) is 11.9 Å². The number of carbonyl (C=O) groups is 1. The summed E-state index contributed by atoms with van der Waals surface area (Å²) in [7, 11) is 3.52. The van der Waals surface area contributed by atoms with Crippen LogP contribution >= 0.6 is 0 Å². The molecule has 0 saturated carbocycles. The predicted molar refractivity (Wildman–Crippen MR) is 103 cm³/mol. The van der Waals surface area contributed by atoms with Crippen LogP contribution in [-0.4, -0.2) is 39.2 Å². The van der Waals surface area contributed by atoms with E-state index < -0.39 is 0 Å². The van der Waals surface area contributed by atoms with E-state index in [1.807, 2.05) is 67.4 Å². The molecule has 0 spiro atoms. The number of methoxy groups -OCH3 is 1. The first-order chi connectivity index (χ1) is 13.1. The molecule has 0 aliphatic carbocycles. The first-order valence-corrected chi connectivity index (χ1v) is 9.00. The molecule has 27 heavy (non-hydrogen) atoms. The highest BCUT2D eigenvalue weighted by Crippen LogP contribution is 2.36. The van der Waals surface area contributed by atoms with Crippen molar-refractivity contribution in [1.82, 2.24) is 19.7 Å².